The fraction of sp³-hybridized carbons (Fsp3) is 0.462. The Balaban J connectivity index is 1.35. The minimum atomic E-state index is 0.128. The third kappa shape index (κ3) is 5.37. The second kappa shape index (κ2) is 10.0. The van der Waals surface area contributed by atoms with Crippen molar-refractivity contribution in [1.82, 2.24) is 14.8 Å². The van der Waals surface area contributed by atoms with E-state index in [2.05, 4.69) is 64.2 Å². The number of carbonyl (C=O) groups excluding carboxylic acids is 1. The average molecular weight is 404 g/mol. The van der Waals surface area contributed by atoms with Gasteiger partial charge in [-0.3, -0.25) is 14.7 Å². The van der Waals surface area contributed by atoms with E-state index in [-0.39, 0.29) is 5.92 Å². The van der Waals surface area contributed by atoms with Crippen molar-refractivity contribution >= 4 is 5.91 Å². The monoisotopic (exact) mass is 403 g/mol. The summed E-state index contributed by atoms with van der Waals surface area (Å²) in [6.07, 6.45) is 12.1. The first-order valence-electron chi connectivity index (χ1n) is 11.3. The van der Waals surface area contributed by atoms with Gasteiger partial charge >= 0.3 is 0 Å². The minimum absolute atomic E-state index is 0.128. The van der Waals surface area contributed by atoms with E-state index in [9.17, 15) is 4.79 Å². The van der Waals surface area contributed by atoms with Crippen LogP contribution < -0.4 is 0 Å². The van der Waals surface area contributed by atoms with Gasteiger partial charge in [0.25, 0.3) is 0 Å². The molecule has 0 bridgehead atoms. The Kier molecular flexibility index (Phi) is 6.96. The van der Waals surface area contributed by atoms with Gasteiger partial charge in [0.05, 0.1) is 0 Å². The molecule has 2 heterocycles. The summed E-state index contributed by atoms with van der Waals surface area (Å²) in [6, 6.07) is 12.7. The molecule has 1 saturated heterocycles. The number of hydrogen-bond donors (Lipinski definition) is 0. The fourth-order valence-corrected chi connectivity index (χ4v) is 4.69. The van der Waals surface area contributed by atoms with Crippen LogP contribution in [0.1, 0.15) is 42.4 Å². The number of nitrogens with zero attached hydrogens (tertiary/aromatic N) is 3. The quantitative estimate of drug-likeness (QED) is 0.634. The Bertz CT molecular complexity index is 848. The predicted molar refractivity (Wildman–Crippen MR) is 121 cm³/mol. The van der Waals surface area contributed by atoms with Crippen molar-refractivity contribution < 1.29 is 4.79 Å². The molecule has 1 aliphatic heterocycles. The van der Waals surface area contributed by atoms with Crippen LogP contribution in [0.3, 0.4) is 0 Å². The van der Waals surface area contributed by atoms with Gasteiger partial charge < -0.3 is 4.90 Å². The van der Waals surface area contributed by atoms with Crippen LogP contribution in [0, 0.1) is 18.8 Å². The van der Waals surface area contributed by atoms with E-state index in [1.165, 1.54) is 11.1 Å². The Morgan fingerprint density at radius 1 is 1.10 bits per heavy atom. The van der Waals surface area contributed by atoms with Crippen LogP contribution in [0.25, 0.3) is 0 Å². The Labute approximate surface area is 180 Å². The first-order valence-corrected chi connectivity index (χ1v) is 11.3. The zero-order valence-corrected chi connectivity index (χ0v) is 18.0. The maximum absolute atomic E-state index is 13.2. The normalized spacial score (nSPS) is 18.0. The van der Waals surface area contributed by atoms with E-state index < -0.39 is 0 Å². The first-order chi connectivity index (χ1) is 14.7. The van der Waals surface area contributed by atoms with Gasteiger partial charge in [0.2, 0.25) is 5.91 Å². The van der Waals surface area contributed by atoms with Crippen molar-refractivity contribution in [1.29, 1.82) is 0 Å². The molecule has 0 radical (unpaired) electrons. The summed E-state index contributed by atoms with van der Waals surface area (Å²) in [7, 11) is 0. The van der Waals surface area contributed by atoms with Crippen molar-refractivity contribution in [2.75, 3.05) is 19.6 Å². The van der Waals surface area contributed by atoms with Crippen molar-refractivity contribution in [2.45, 2.75) is 45.7 Å². The van der Waals surface area contributed by atoms with Crippen LogP contribution in [0.4, 0.5) is 0 Å². The fourth-order valence-electron chi connectivity index (χ4n) is 4.69. The molecule has 1 aliphatic carbocycles. The summed E-state index contributed by atoms with van der Waals surface area (Å²) >= 11 is 0. The molecule has 30 heavy (non-hydrogen) atoms. The number of rotatable bonds is 7. The second-order valence-corrected chi connectivity index (χ2v) is 8.87. The number of aryl methyl sites for hydroxylation is 1. The van der Waals surface area contributed by atoms with E-state index in [1.807, 2.05) is 12.3 Å². The molecule has 158 valence electrons. The molecule has 2 aromatic rings. The molecule has 1 aromatic heterocycles. The lowest BCUT2D eigenvalue weighted by Crippen LogP contribution is -2.42. The van der Waals surface area contributed by atoms with E-state index >= 15 is 0 Å². The van der Waals surface area contributed by atoms with Crippen molar-refractivity contribution in [3.05, 3.63) is 77.6 Å². The summed E-state index contributed by atoms with van der Waals surface area (Å²) < 4.78 is 0. The maximum Gasteiger partial charge on any atom is 0.226 e. The number of likely N-dealkylation sites (tertiary alicyclic amines) is 1. The summed E-state index contributed by atoms with van der Waals surface area (Å²) in [4.78, 5) is 22.1. The standard InChI is InChI=1S/C26H33N3O/c1-21-7-2-3-11-25(21)20-28-15-12-22(13-16-28)18-29(19-23-8-6-14-27-17-23)26(30)24-9-4-5-10-24/h2-8,11,14,17,22,24H,9-10,12-13,15-16,18-20H2,1H3. The molecule has 1 fully saturated rings. The molecule has 1 aromatic carbocycles. The number of carbonyl (C=O) groups is 1. The van der Waals surface area contributed by atoms with Crippen LogP contribution in [0.5, 0.6) is 0 Å². The zero-order valence-electron chi connectivity index (χ0n) is 18.0. The third-order valence-electron chi connectivity index (χ3n) is 6.61. The molecule has 0 N–H and O–H groups in total. The van der Waals surface area contributed by atoms with Gasteiger partial charge in [0.15, 0.2) is 0 Å². The maximum atomic E-state index is 13.2. The number of hydrogen-bond acceptors (Lipinski definition) is 3. The molecular weight excluding hydrogens is 370 g/mol. The first kappa shape index (κ1) is 20.8. The van der Waals surface area contributed by atoms with Crippen molar-refractivity contribution in [3.8, 4) is 0 Å². The molecule has 0 atom stereocenters. The zero-order chi connectivity index (χ0) is 20.8. The molecular formula is C26H33N3O. The Morgan fingerprint density at radius 3 is 2.57 bits per heavy atom. The number of benzene rings is 1. The highest BCUT2D eigenvalue weighted by Gasteiger charge is 2.28. The van der Waals surface area contributed by atoms with Crippen LogP contribution in [-0.2, 0) is 17.9 Å². The summed E-state index contributed by atoms with van der Waals surface area (Å²) in [5, 5.41) is 0. The minimum Gasteiger partial charge on any atom is -0.338 e. The lowest BCUT2D eigenvalue weighted by atomic mass is 9.94. The van der Waals surface area contributed by atoms with Gasteiger partial charge in [-0.25, -0.2) is 0 Å². The Hall–Kier alpha value is -2.46. The number of pyridine rings is 1. The number of piperidine rings is 1. The summed E-state index contributed by atoms with van der Waals surface area (Å²) in [5.74, 6) is 1.02. The molecule has 0 unspecified atom stereocenters. The van der Waals surface area contributed by atoms with E-state index in [0.717, 1.165) is 57.4 Å². The molecule has 4 nitrogen and oxygen atoms in total. The number of amides is 1. The summed E-state index contributed by atoms with van der Waals surface area (Å²) in [6.45, 7) is 6.99. The Morgan fingerprint density at radius 2 is 1.87 bits per heavy atom. The number of allylic oxidation sites excluding steroid dienone is 2. The third-order valence-corrected chi connectivity index (χ3v) is 6.61. The van der Waals surface area contributed by atoms with Crippen LogP contribution in [0.2, 0.25) is 0 Å². The van der Waals surface area contributed by atoms with Gasteiger partial charge in [-0.2, -0.15) is 0 Å². The van der Waals surface area contributed by atoms with Crippen molar-refractivity contribution in [2.24, 2.45) is 11.8 Å². The molecule has 4 heteroatoms. The topological polar surface area (TPSA) is 36.4 Å². The lowest BCUT2D eigenvalue weighted by molar-refractivity contribution is -0.136. The van der Waals surface area contributed by atoms with E-state index in [0.29, 0.717) is 18.4 Å². The lowest BCUT2D eigenvalue weighted by Gasteiger charge is -2.36. The van der Waals surface area contributed by atoms with Crippen molar-refractivity contribution in [3.63, 3.8) is 0 Å². The molecule has 2 aliphatic rings. The molecule has 0 spiro atoms. The highest BCUT2D eigenvalue weighted by molar-refractivity contribution is 5.79. The molecule has 4 rings (SSSR count). The molecule has 0 saturated carbocycles. The molecule has 1 amide bonds. The van der Waals surface area contributed by atoms with Crippen LogP contribution >= 0.6 is 0 Å². The largest absolute Gasteiger partial charge is 0.338 e. The van der Waals surface area contributed by atoms with Gasteiger partial charge in [0, 0.05) is 37.9 Å². The van der Waals surface area contributed by atoms with Gasteiger partial charge in [-0.15, -0.1) is 0 Å². The average Bonchev–Trinajstić information content (AvgIpc) is 3.31. The van der Waals surface area contributed by atoms with Gasteiger partial charge in [0.1, 0.15) is 0 Å². The highest BCUT2D eigenvalue weighted by atomic mass is 16.2. The van der Waals surface area contributed by atoms with Gasteiger partial charge in [-0.1, -0.05) is 42.5 Å². The van der Waals surface area contributed by atoms with E-state index in [1.54, 1.807) is 6.20 Å². The second-order valence-electron chi connectivity index (χ2n) is 8.87. The smallest absolute Gasteiger partial charge is 0.226 e. The predicted octanol–water partition coefficient (Wildman–Crippen LogP) is 4.60. The highest BCUT2D eigenvalue weighted by Crippen LogP contribution is 2.25. The van der Waals surface area contributed by atoms with Gasteiger partial charge in [-0.05, 0) is 74.4 Å². The van der Waals surface area contributed by atoms with Crippen LogP contribution in [0.15, 0.2) is 60.9 Å². The van der Waals surface area contributed by atoms with Crippen LogP contribution in [-0.4, -0.2) is 40.3 Å². The summed E-state index contributed by atoms with van der Waals surface area (Å²) in [5.41, 5.74) is 3.92. The SMILES string of the molecule is Cc1ccccc1CN1CCC(CN(Cc2cccnc2)C(=O)C2CC=CC2)CC1. The number of aromatic nitrogens is 1. The van der Waals surface area contributed by atoms with E-state index in [4.69, 9.17) is 0 Å².